The minimum absolute atomic E-state index is 0.0659. The number of nitrogens with one attached hydrogen (secondary N) is 3. The van der Waals surface area contributed by atoms with Crippen molar-refractivity contribution in [2.75, 3.05) is 5.32 Å². The van der Waals surface area contributed by atoms with Gasteiger partial charge in [0, 0.05) is 0 Å². The minimum atomic E-state index is -5.15. The SMILES string of the molecule is O=C(Nc1cn[nH]c1-c1nc2c(C(F)(F)F)cc(C(F)(F)F)cc2[nH]1)c1c(F)cccc1F. The van der Waals surface area contributed by atoms with Gasteiger partial charge in [-0.05, 0) is 24.3 Å². The van der Waals surface area contributed by atoms with E-state index >= 15 is 0 Å². The van der Waals surface area contributed by atoms with Gasteiger partial charge in [-0.25, -0.2) is 13.8 Å². The molecule has 1 amide bonds. The molecule has 0 aliphatic heterocycles. The Morgan fingerprint density at radius 1 is 0.970 bits per heavy atom. The van der Waals surface area contributed by atoms with E-state index < -0.39 is 63.4 Å². The first-order valence-corrected chi connectivity index (χ1v) is 8.83. The Kier molecular flexibility index (Phi) is 5.10. The van der Waals surface area contributed by atoms with E-state index in [9.17, 15) is 39.9 Å². The molecule has 14 heteroatoms. The molecule has 4 rings (SSSR count). The molecule has 0 atom stereocenters. The number of H-pyrrole nitrogens is 2. The summed E-state index contributed by atoms with van der Waals surface area (Å²) in [5, 5.41) is 8.06. The number of aromatic nitrogens is 4. The maximum atomic E-state index is 13.8. The highest BCUT2D eigenvalue weighted by molar-refractivity contribution is 6.06. The molecule has 0 saturated heterocycles. The van der Waals surface area contributed by atoms with Crippen LogP contribution in [0.3, 0.4) is 0 Å². The van der Waals surface area contributed by atoms with Crippen LogP contribution in [0.1, 0.15) is 21.5 Å². The summed E-state index contributed by atoms with van der Waals surface area (Å²) >= 11 is 0. The third kappa shape index (κ3) is 4.10. The molecule has 2 aromatic heterocycles. The first kappa shape index (κ1) is 22.2. The van der Waals surface area contributed by atoms with Gasteiger partial charge < -0.3 is 10.3 Å². The normalized spacial score (nSPS) is 12.4. The fourth-order valence-electron chi connectivity index (χ4n) is 3.08. The van der Waals surface area contributed by atoms with Gasteiger partial charge in [-0.1, -0.05) is 6.07 Å². The number of hydrogen-bond acceptors (Lipinski definition) is 3. The van der Waals surface area contributed by atoms with E-state index in [2.05, 4.69) is 25.5 Å². The molecule has 0 fully saturated rings. The first-order valence-electron chi connectivity index (χ1n) is 8.83. The summed E-state index contributed by atoms with van der Waals surface area (Å²) in [5.74, 6) is -3.98. The Labute approximate surface area is 177 Å². The predicted octanol–water partition coefficient (Wildman–Crippen LogP) is 5.52. The van der Waals surface area contributed by atoms with Crippen LogP contribution in [0.15, 0.2) is 36.5 Å². The number of carbonyl (C=O) groups is 1. The van der Waals surface area contributed by atoms with Gasteiger partial charge in [0.1, 0.15) is 28.4 Å². The highest BCUT2D eigenvalue weighted by Crippen LogP contribution is 2.40. The average molecular weight is 475 g/mol. The Hall–Kier alpha value is -3.97. The van der Waals surface area contributed by atoms with Crippen LogP contribution in [0.5, 0.6) is 0 Å². The molecular weight excluding hydrogens is 466 g/mol. The predicted molar refractivity (Wildman–Crippen MR) is 98.0 cm³/mol. The lowest BCUT2D eigenvalue weighted by Gasteiger charge is -2.11. The number of amides is 1. The van der Waals surface area contributed by atoms with Crippen molar-refractivity contribution in [1.29, 1.82) is 0 Å². The Bertz CT molecular complexity index is 1350. The molecule has 0 aliphatic rings. The van der Waals surface area contributed by atoms with Crippen LogP contribution in [-0.2, 0) is 12.4 Å². The standard InChI is InChI=1S/C19H9F8N5O/c20-9-2-1-3-10(21)13(9)17(33)30-12-6-28-32-15(12)16-29-11-5-7(18(22,23)24)4-8(14(11)31-16)19(25,26)27/h1-6H,(H,28,32)(H,29,31)(H,30,33). The van der Waals surface area contributed by atoms with Gasteiger partial charge in [0.05, 0.1) is 28.5 Å². The van der Waals surface area contributed by atoms with Gasteiger partial charge in [-0.15, -0.1) is 0 Å². The van der Waals surface area contributed by atoms with Gasteiger partial charge in [0.25, 0.3) is 5.91 Å². The first-order chi connectivity index (χ1) is 15.4. The van der Waals surface area contributed by atoms with E-state index in [0.717, 1.165) is 24.4 Å². The zero-order chi connectivity index (χ0) is 24.1. The Balaban J connectivity index is 1.79. The summed E-state index contributed by atoms with van der Waals surface area (Å²) in [6.45, 7) is 0. The van der Waals surface area contributed by atoms with E-state index in [1.165, 1.54) is 0 Å². The smallest absolute Gasteiger partial charge is 0.337 e. The van der Waals surface area contributed by atoms with E-state index in [-0.39, 0.29) is 17.4 Å². The van der Waals surface area contributed by atoms with Crippen molar-refractivity contribution in [1.82, 2.24) is 20.2 Å². The Morgan fingerprint density at radius 3 is 2.24 bits per heavy atom. The lowest BCUT2D eigenvalue weighted by atomic mass is 10.1. The number of halogens is 8. The highest BCUT2D eigenvalue weighted by atomic mass is 19.4. The monoisotopic (exact) mass is 475 g/mol. The van der Waals surface area contributed by atoms with Gasteiger partial charge in [-0.3, -0.25) is 9.89 Å². The molecule has 2 heterocycles. The number of aromatic amines is 2. The van der Waals surface area contributed by atoms with Crippen LogP contribution >= 0.6 is 0 Å². The van der Waals surface area contributed by atoms with Crippen molar-refractivity contribution in [2.24, 2.45) is 0 Å². The summed E-state index contributed by atoms with van der Waals surface area (Å²) in [7, 11) is 0. The summed E-state index contributed by atoms with van der Waals surface area (Å²) in [6.07, 6.45) is -9.24. The second-order valence-electron chi connectivity index (χ2n) is 6.71. The number of nitrogens with zero attached hydrogens (tertiary/aromatic N) is 2. The number of fused-ring (bicyclic) bond motifs is 1. The fraction of sp³-hybridized carbons (Fsp3) is 0.105. The van der Waals surface area contributed by atoms with Crippen LogP contribution in [-0.4, -0.2) is 26.1 Å². The van der Waals surface area contributed by atoms with Gasteiger partial charge in [0.2, 0.25) is 0 Å². The summed E-state index contributed by atoms with van der Waals surface area (Å²) in [4.78, 5) is 18.3. The topological polar surface area (TPSA) is 86.5 Å². The summed E-state index contributed by atoms with van der Waals surface area (Å²) in [6, 6.07) is 3.09. The maximum absolute atomic E-state index is 13.8. The lowest BCUT2D eigenvalue weighted by molar-refractivity contribution is -0.142. The van der Waals surface area contributed by atoms with Gasteiger partial charge in [-0.2, -0.15) is 31.4 Å². The third-order valence-corrected chi connectivity index (χ3v) is 4.53. The molecule has 0 aliphatic carbocycles. The largest absolute Gasteiger partial charge is 0.418 e. The third-order valence-electron chi connectivity index (χ3n) is 4.53. The molecule has 0 spiro atoms. The molecular formula is C19H9F8N5O. The zero-order valence-electron chi connectivity index (χ0n) is 15.8. The van der Waals surface area contributed by atoms with Crippen molar-refractivity contribution in [3.63, 3.8) is 0 Å². The molecule has 0 bridgehead atoms. The molecule has 33 heavy (non-hydrogen) atoms. The molecule has 172 valence electrons. The van der Waals surface area contributed by atoms with Crippen molar-refractivity contribution < 1.29 is 39.9 Å². The number of alkyl halides is 6. The second-order valence-corrected chi connectivity index (χ2v) is 6.71. The van der Waals surface area contributed by atoms with Crippen molar-refractivity contribution in [2.45, 2.75) is 12.4 Å². The van der Waals surface area contributed by atoms with E-state index in [4.69, 9.17) is 0 Å². The van der Waals surface area contributed by atoms with E-state index in [1.54, 1.807) is 0 Å². The van der Waals surface area contributed by atoms with E-state index in [1.807, 2.05) is 0 Å². The lowest BCUT2D eigenvalue weighted by Crippen LogP contribution is -2.16. The number of hydrogen-bond donors (Lipinski definition) is 3. The zero-order valence-corrected chi connectivity index (χ0v) is 15.8. The number of imidazole rings is 1. The molecule has 3 N–H and O–H groups in total. The number of benzene rings is 2. The van der Waals surface area contributed by atoms with Crippen molar-refractivity contribution in [3.05, 3.63) is 64.9 Å². The Morgan fingerprint density at radius 2 is 1.64 bits per heavy atom. The molecule has 0 saturated carbocycles. The van der Waals surface area contributed by atoms with Crippen molar-refractivity contribution in [3.8, 4) is 11.5 Å². The van der Waals surface area contributed by atoms with Crippen LogP contribution in [0.2, 0.25) is 0 Å². The summed E-state index contributed by atoms with van der Waals surface area (Å²) in [5.41, 5.74) is -5.98. The quantitative estimate of drug-likeness (QED) is 0.341. The molecule has 0 radical (unpaired) electrons. The van der Waals surface area contributed by atoms with Gasteiger partial charge >= 0.3 is 12.4 Å². The highest BCUT2D eigenvalue weighted by Gasteiger charge is 2.39. The van der Waals surface area contributed by atoms with E-state index in [0.29, 0.717) is 6.07 Å². The molecule has 4 aromatic rings. The maximum Gasteiger partial charge on any atom is 0.418 e. The number of rotatable bonds is 3. The number of carbonyl (C=O) groups excluding carboxylic acids is 1. The van der Waals surface area contributed by atoms with Crippen molar-refractivity contribution >= 4 is 22.6 Å². The second kappa shape index (κ2) is 7.56. The van der Waals surface area contributed by atoms with Crippen LogP contribution in [0, 0.1) is 11.6 Å². The van der Waals surface area contributed by atoms with Crippen LogP contribution in [0.4, 0.5) is 40.8 Å². The number of anilines is 1. The molecule has 2 aromatic carbocycles. The van der Waals surface area contributed by atoms with Gasteiger partial charge in [0.15, 0.2) is 5.82 Å². The fourth-order valence-corrected chi connectivity index (χ4v) is 3.08. The summed E-state index contributed by atoms with van der Waals surface area (Å²) < 4.78 is 107. The average Bonchev–Trinajstić information content (AvgIpc) is 3.31. The minimum Gasteiger partial charge on any atom is -0.337 e. The van der Waals surface area contributed by atoms with Crippen LogP contribution < -0.4 is 5.32 Å². The molecule has 6 nitrogen and oxygen atoms in total. The van der Waals surface area contributed by atoms with Crippen LogP contribution in [0.25, 0.3) is 22.6 Å². The molecule has 0 unspecified atom stereocenters.